The van der Waals surface area contributed by atoms with Crippen LogP contribution in [0.5, 0.6) is 0 Å². The van der Waals surface area contributed by atoms with Crippen LogP contribution in [0.15, 0.2) is 30.3 Å². The van der Waals surface area contributed by atoms with E-state index in [9.17, 15) is 0 Å². The van der Waals surface area contributed by atoms with E-state index in [4.69, 9.17) is 0 Å². The molecule has 0 amide bonds. The van der Waals surface area contributed by atoms with Crippen molar-refractivity contribution in [3.05, 3.63) is 35.9 Å². The zero-order valence-electron chi connectivity index (χ0n) is 10.3. The third kappa shape index (κ3) is 5.13. The number of nitrogens with zero attached hydrogens (tertiary/aromatic N) is 1. The fourth-order valence-corrected chi connectivity index (χ4v) is 2.45. The number of likely N-dealkylation sites (N-methyl/N-ethyl adjacent to an activating group) is 1. The Bertz CT molecular complexity index is 269. The lowest BCUT2D eigenvalue weighted by Crippen LogP contribution is -2.28. The van der Waals surface area contributed by atoms with E-state index in [0.717, 1.165) is 24.2 Å². The maximum Gasteiger partial charge on any atom is 0.00717 e. The molecule has 0 aromatic heterocycles. The lowest BCUT2D eigenvalue weighted by Gasteiger charge is -2.21. The number of benzene rings is 1. The highest BCUT2D eigenvalue weighted by Crippen LogP contribution is 2.08. The van der Waals surface area contributed by atoms with Crippen LogP contribution in [0.4, 0.5) is 0 Å². The van der Waals surface area contributed by atoms with Gasteiger partial charge in [0.15, 0.2) is 0 Å². The summed E-state index contributed by atoms with van der Waals surface area (Å²) in [4.78, 5) is 2.43. The summed E-state index contributed by atoms with van der Waals surface area (Å²) in [5, 5.41) is 1.11. The first-order valence-corrected chi connectivity index (χ1v) is 7.16. The number of hydrogen-bond acceptors (Lipinski definition) is 1. The average Bonchev–Trinajstić information content (AvgIpc) is 2.34. The highest BCUT2D eigenvalue weighted by atomic mass is 79.9. The van der Waals surface area contributed by atoms with Gasteiger partial charge in [0.1, 0.15) is 0 Å². The molecule has 0 aliphatic heterocycles. The maximum absolute atomic E-state index is 3.57. The van der Waals surface area contributed by atoms with Gasteiger partial charge in [-0.05, 0) is 24.9 Å². The second-order valence-corrected chi connectivity index (χ2v) is 5.07. The summed E-state index contributed by atoms with van der Waals surface area (Å²) in [5.74, 6) is 0.778. The highest BCUT2D eigenvalue weighted by Gasteiger charge is 2.07. The number of alkyl halides is 1. The minimum absolute atomic E-state index is 0.778. The van der Waals surface area contributed by atoms with Gasteiger partial charge in [-0.3, -0.25) is 0 Å². The van der Waals surface area contributed by atoms with Gasteiger partial charge in [0.2, 0.25) is 0 Å². The first-order valence-electron chi connectivity index (χ1n) is 6.04. The monoisotopic (exact) mass is 283 g/mol. The van der Waals surface area contributed by atoms with Crippen LogP contribution < -0.4 is 0 Å². The fraction of sp³-hybridized carbons (Fsp3) is 0.571. The maximum atomic E-state index is 3.57. The molecule has 2 heteroatoms. The van der Waals surface area contributed by atoms with Gasteiger partial charge in [-0.1, -0.05) is 59.6 Å². The van der Waals surface area contributed by atoms with Gasteiger partial charge in [0.05, 0.1) is 0 Å². The molecule has 1 nitrogen and oxygen atoms in total. The Morgan fingerprint density at radius 1 is 1.25 bits per heavy atom. The van der Waals surface area contributed by atoms with Crippen molar-refractivity contribution >= 4 is 15.9 Å². The molecule has 0 N–H and O–H groups in total. The SMILES string of the molecule is CCC(CBr)CN(C)CCc1ccccc1. The second-order valence-electron chi connectivity index (χ2n) is 4.43. The average molecular weight is 284 g/mol. The van der Waals surface area contributed by atoms with E-state index >= 15 is 0 Å². The molecule has 0 saturated heterocycles. The van der Waals surface area contributed by atoms with Gasteiger partial charge < -0.3 is 4.90 Å². The van der Waals surface area contributed by atoms with Crippen LogP contribution >= 0.6 is 15.9 Å². The molecule has 16 heavy (non-hydrogen) atoms. The van der Waals surface area contributed by atoms with Crippen molar-refractivity contribution in [2.45, 2.75) is 19.8 Å². The molecule has 1 atom stereocenters. The Balaban J connectivity index is 2.27. The standard InChI is InChI=1S/C14H22BrN/c1-3-13(11-15)12-16(2)10-9-14-7-5-4-6-8-14/h4-8,13H,3,9-12H2,1-2H3. The topological polar surface area (TPSA) is 3.24 Å². The molecular formula is C14H22BrN. The molecule has 1 aromatic carbocycles. The molecular weight excluding hydrogens is 262 g/mol. The van der Waals surface area contributed by atoms with Crippen molar-refractivity contribution < 1.29 is 0 Å². The third-order valence-corrected chi connectivity index (χ3v) is 3.91. The Hall–Kier alpha value is -0.340. The van der Waals surface area contributed by atoms with E-state index in [1.54, 1.807) is 0 Å². The van der Waals surface area contributed by atoms with E-state index < -0.39 is 0 Å². The summed E-state index contributed by atoms with van der Waals surface area (Å²) < 4.78 is 0. The van der Waals surface area contributed by atoms with Crippen molar-refractivity contribution in [1.29, 1.82) is 0 Å². The first-order chi connectivity index (χ1) is 7.76. The summed E-state index contributed by atoms with van der Waals surface area (Å²) in [6.07, 6.45) is 2.40. The minimum atomic E-state index is 0.778. The molecule has 1 aromatic rings. The first kappa shape index (κ1) is 13.7. The number of rotatable bonds is 7. The normalized spacial score (nSPS) is 13.0. The van der Waals surface area contributed by atoms with Crippen LogP contribution in [0, 0.1) is 5.92 Å². The largest absolute Gasteiger partial charge is 0.306 e. The van der Waals surface area contributed by atoms with Crippen LogP contribution in [0.1, 0.15) is 18.9 Å². The Labute approximate surface area is 108 Å². The van der Waals surface area contributed by atoms with E-state index in [2.05, 4.69) is 65.1 Å². The Morgan fingerprint density at radius 3 is 2.50 bits per heavy atom. The van der Waals surface area contributed by atoms with Crippen LogP contribution in [0.2, 0.25) is 0 Å². The minimum Gasteiger partial charge on any atom is -0.306 e. The molecule has 0 fully saturated rings. The molecule has 0 bridgehead atoms. The molecule has 0 saturated carbocycles. The van der Waals surface area contributed by atoms with Crippen molar-refractivity contribution in [3.8, 4) is 0 Å². The van der Waals surface area contributed by atoms with Gasteiger partial charge in [-0.25, -0.2) is 0 Å². The van der Waals surface area contributed by atoms with E-state index in [-0.39, 0.29) is 0 Å². The molecule has 0 aliphatic carbocycles. The van der Waals surface area contributed by atoms with Gasteiger partial charge >= 0.3 is 0 Å². The van der Waals surface area contributed by atoms with Gasteiger partial charge in [-0.2, -0.15) is 0 Å². The lowest BCUT2D eigenvalue weighted by atomic mass is 10.1. The smallest absolute Gasteiger partial charge is 0.00717 e. The Kier molecular flexibility index (Phi) is 6.74. The van der Waals surface area contributed by atoms with E-state index in [1.165, 1.54) is 18.5 Å². The van der Waals surface area contributed by atoms with Crippen LogP contribution in [-0.2, 0) is 6.42 Å². The summed E-state index contributed by atoms with van der Waals surface area (Å²) in [5.41, 5.74) is 1.43. The molecule has 0 spiro atoms. The lowest BCUT2D eigenvalue weighted by molar-refractivity contribution is 0.288. The highest BCUT2D eigenvalue weighted by molar-refractivity contribution is 9.09. The Morgan fingerprint density at radius 2 is 1.94 bits per heavy atom. The zero-order chi connectivity index (χ0) is 11.8. The van der Waals surface area contributed by atoms with Crippen molar-refractivity contribution in [2.75, 3.05) is 25.5 Å². The summed E-state index contributed by atoms with van der Waals surface area (Å²) >= 11 is 3.57. The predicted octanol–water partition coefficient (Wildman–Crippen LogP) is 3.58. The molecule has 0 radical (unpaired) electrons. The van der Waals surface area contributed by atoms with Crippen molar-refractivity contribution in [2.24, 2.45) is 5.92 Å². The van der Waals surface area contributed by atoms with Crippen LogP contribution in [-0.4, -0.2) is 30.4 Å². The molecule has 1 unspecified atom stereocenters. The summed E-state index contributed by atoms with van der Waals surface area (Å²) in [7, 11) is 2.22. The van der Waals surface area contributed by atoms with Crippen molar-refractivity contribution in [3.63, 3.8) is 0 Å². The van der Waals surface area contributed by atoms with Crippen LogP contribution in [0.25, 0.3) is 0 Å². The summed E-state index contributed by atoms with van der Waals surface area (Å²) in [6, 6.07) is 10.7. The molecule has 0 heterocycles. The van der Waals surface area contributed by atoms with E-state index in [0.29, 0.717) is 0 Å². The van der Waals surface area contributed by atoms with E-state index in [1.807, 2.05) is 0 Å². The predicted molar refractivity (Wildman–Crippen MR) is 75.2 cm³/mol. The van der Waals surface area contributed by atoms with Gasteiger partial charge in [0.25, 0.3) is 0 Å². The summed E-state index contributed by atoms with van der Waals surface area (Å²) in [6.45, 7) is 4.60. The van der Waals surface area contributed by atoms with Crippen LogP contribution in [0.3, 0.4) is 0 Å². The van der Waals surface area contributed by atoms with Gasteiger partial charge in [-0.15, -0.1) is 0 Å². The molecule has 1 rings (SSSR count). The molecule has 0 aliphatic rings. The quantitative estimate of drug-likeness (QED) is 0.692. The molecule has 90 valence electrons. The number of halogens is 1. The zero-order valence-corrected chi connectivity index (χ0v) is 11.9. The second kappa shape index (κ2) is 7.86. The third-order valence-electron chi connectivity index (χ3n) is 2.99. The van der Waals surface area contributed by atoms with Gasteiger partial charge in [0, 0.05) is 18.4 Å². The van der Waals surface area contributed by atoms with Crippen molar-refractivity contribution in [1.82, 2.24) is 4.90 Å². The number of hydrogen-bond donors (Lipinski definition) is 0. The fourth-order valence-electron chi connectivity index (χ4n) is 1.78.